The third-order valence-corrected chi connectivity index (χ3v) is 8.20. The minimum Gasteiger partial charge on any atom is -0.588 e. The van der Waals surface area contributed by atoms with E-state index < -0.39 is 17.3 Å². The van der Waals surface area contributed by atoms with Crippen molar-refractivity contribution in [3.05, 3.63) is 89.2 Å². The molecular weight excluding hydrogens is 630 g/mol. The molecule has 2 aromatic heterocycles. The predicted molar refractivity (Wildman–Crippen MR) is 185 cm³/mol. The number of hydrogen-bond donors (Lipinski definition) is 2. The minimum atomic E-state index is -1.73. The molecular formula is C36H43N5O6S. The highest BCUT2D eigenvalue weighted by Gasteiger charge is 2.22. The van der Waals surface area contributed by atoms with E-state index in [9.17, 15) is 14.1 Å². The Bertz CT molecular complexity index is 1660. The molecule has 12 heteroatoms. The first-order valence-corrected chi connectivity index (χ1v) is 16.9. The molecule has 0 amide bonds. The number of benzene rings is 2. The number of carbonyl (C=O) groups is 2. The number of pyridine rings is 1. The molecule has 0 saturated carbocycles. The van der Waals surface area contributed by atoms with Gasteiger partial charge in [-0.1, -0.05) is 51.1 Å². The van der Waals surface area contributed by atoms with Crippen LogP contribution in [0, 0.1) is 19.3 Å². The van der Waals surface area contributed by atoms with E-state index in [4.69, 9.17) is 19.2 Å². The fourth-order valence-electron chi connectivity index (χ4n) is 5.05. The van der Waals surface area contributed by atoms with Crippen LogP contribution in [0.15, 0.2) is 71.8 Å². The van der Waals surface area contributed by atoms with Crippen LogP contribution >= 0.6 is 0 Å². The fraction of sp³-hybridized carbons (Fsp3) is 0.361. The summed E-state index contributed by atoms with van der Waals surface area (Å²) in [6.45, 7) is 13.2. The molecule has 2 unspecified atom stereocenters. The summed E-state index contributed by atoms with van der Waals surface area (Å²) in [7, 11) is 0. The number of aromatic nitrogens is 3. The van der Waals surface area contributed by atoms with Crippen LogP contribution in [0.3, 0.4) is 0 Å². The average Bonchev–Trinajstić information content (AvgIpc) is 3.05. The fourth-order valence-corrected chi connectivity index (χ4v) is 5.87. The molecule has 2 heterocycles. The van der Waals surface area contributed by atoms with Gasteiger partial charge < -0.3 is 24.1 Å². The summed E-state index contributed by atoms with van der Waals surface area (Å²) in [6.07, 6.45) is 3.08. The molecule has 2 N–H and O–H groups in total. The second-order valence-corrected chi connectivity index (χ2v) is 13.7. The monoisotopic (exact) mass is 673 g/mol. The van der Waals surface area contributed by atoms with Crippen molar-refractivity contribution in [2.75, 3.05) is 24.5 Å². The smallest absolute Gasteiger partial charge is 0.344 e. The normalized spacial score (nSPS) is 12.6. The van der Waals surface area contributed by atoms with Crippen molar-refractivity contribution < 1.29 is 28.4 Å². The van der Waals surface area contributed by atoms with Gasteiger partial charge in [-0.2, -0.15) is 9.71 Å². The highest BCUT2D eigenvalue weighted by Crippen LogP contribution is 2.30. The highest BCUT2D eigenvalue weighted by atomic mass is 32.2. The standard InChI is InChI=1S/C36H43N5O6S/c1-7-45-33(43)23-46-29-15-14-27(38-20-29)19-37-28(18-36(4,5)6)22-47-32-17-31(34-24(2)10-8-11-25(34)3)39-35(40-32)41-48(44)30-13-9-12-26(16-30)21-42/h8-17,20-21,28,37H,7,18-19,22-23H2,1-6H3,(H,39,40,41). The molecule has 2 atom stereocenters. The molecule has 0 radical (unpaired) electrons. The van der Waals surface area contributed by atoms with Gasteiger partial charge in [0.05, 0.1) is 24.2 Å². The van der Waals surface area contributed by atoms with Crippen molar-refractivity contribution in [1.29, 1.82) is 0 Å². The SMILES string of the molecule is CCOC(=O)COc1ccc(CNC(COc2cc(-c3c(C)cccc3C)nc(N[S+]([O-])c3cccc(C=O)c3)n2)CC(C)(C)C)nc1. The lowest BCUT2D eigenvalue weighted by molar-refractivity contribution is -0.145. The molecule has 4 rings (SSSR count). The molecule has 48 heavy (non-hydrogen) atoms. The lowest BCUT2D eigenvalue weighted by Crippen LogP contribution is -2.37. The Morgan fingerprint density at radius 1 is 1.02 bits per heavy atom. The van der Waals surface area contributed by atoms with Gasteiger partial charge in [0.25, 0.3) is 5.95 Å². The van der Waals surface area contributed by atoms with Crippen molar-refractivity contribution in [2.45, 2.75) is 65.4 Å². The average molecular weight is 674 g/mol. The molecule has 0 bridgehead atoms. The van der Waals surface area contributed by atoms with Crippen molar-refractivity contribution in [2.24, 2.45) is 5.41 Å². The molecule has 0 aliphatic carbocycles. The van der Waals surface area contributed by atoms with Gasteiger partial charge in [0.1, 0.15) is 30.0 Å². The van der Waals surface area contributed by atoms with Gasteiger partial charge in [-0.05, 0) is 61.9 Å². The topological polar surface area (TPSA) is 148 Å². The van der Waals surface area contributed by atoms with Gasteiger partial charge in [0.15, 0.2) is 11.5 Å². The van der Waals surface area contributed by atoms with Gasteiger partial charge in [-0.15, -0.1) is 0 Å². The number of nitrogens with one attached hydrogen (secondary N) is 2. The van der Waals surface area contributed by atoms with Gasteiger partial charge in [-0.25, -0.2) is 9.78 Å². The van der Waals surface area contributed by atoms with Crippen LogP contribution in [-0.2, 0) is 27.4 Å². The zero-order chi connectivity index (χ0) is 34.7. The number of aryl methyl sites for hydroxylation is 2. The third-order valence-electron chi connectivity index (χ3n) is 7.15. The molecule has 0 saturated heterocycles. The van der Waals surface area contributed by atoms with Gasteiger partial charge in [0, 0.05) is 35.8 Å². The van der Waals surface area contributed by atoms with Crippen LogP contribution in [0.4, 0.5) is 5.95 Å². The number of carbonyl (C=O) groups excluding carboxylic acids is 2. The second-order valence-electron chi connectivity index (χ2n) is 12.5. The largest absolute Gasteiger partial charge is 0.588 e. The van der Waals surface area contributed by atoms with Gasteiger partial charge in [-0.3, -0.25) is 9.78 Å². The number of esters is 1. The Balaban J connectivity index is 1.52. The summed E-state index contributed by atoms with van der Waals surface area (Å²) in [6, 6.07) is 17.9. The lowest BCUT2D eigenvalue weighted by Gasteiger charge is -2.27. The zero-order valence-corrected chi connectivity index (χ0v) is 29.1. The summed E-state index contributed by atoms with van der Waals surface area (Å²) in [5.74, 6) is 0.505. The second kappa shape index (κ2) is 17.0. The molecule has 0 aliphatic rings. The van der Waals surface area contributed by atoms with E-state index in [1.165, 1.54) is 0 Å². The summed E-state index contributed by atoms with van der Waals surface area (Å²) in [4.78, 5) is 37.0. The van der Waals surface area contributed by atoms with E-state index in [0.29, 0.717) is 53.8 Å². The van der Waals surface area contributed by atoms with Crippen LogP contribution in [0.2, 0.25) is 0 Å². The maximum absolute atomic E-state index is 13.3. The number of hydrogen-bond acceptors (Lipinski definition) is 11. The number of rotatable bonds is 16. The van der Waals surface area contributed by atoms with E-state index >= 15 is 0 Å². The Hall–Kier alpha value is -4.52. The zero-order valence-electron chi connectivity index (χ0n) is 28.2. The van der Waals surface area contributed by atoms with Crippen molar-refractivity contribution in [3.8, 4) is 22.9 Å². The van der Waals surface area contributed by atoms with Crippen molar-refractivity contribution in [3.63, 3.8) is 0 Å². The van der Waals surface area contributed by atoms with Gasteiger partial charge in [0.2, 0.25) is 5.88 Å². The molecule has 4 aromatic rings. The molecule has 0 spiro atoms. The van der Waals surface area contributed by atoms with Crippen LogP contribution in [-0.4, -0.2) is 57.6 Å². The maximum atomic E-state index is 13.3. The number of anilines is 1. The first-order chi connectivity index (χ1) is 22.9. The van der Waals surface area contributed by atoms with Gasteiger partial charge >= 0.3 is 5.97 Å². The molecule has 0 aliphatic heterocycles. The number of nitrogens with zero attached hydrogens (tertiary/aromatic N) is 3. The first kappa shape index (κ1) is 36.3. The van der Waals surface area contributed by atoms with Crippen molar-refractivity contribution >= 4 is 29.6 Å². The number of ether oxygens (including phenoxy) is 3. The Morgan fingerprint density at radius 3 is 2.44 bits per heavy atom. The molecule has 11 nitrogen and oxygen atoms in total. The molecule has 2 aromatic carbocycles. The third kappa shape index (κ3) is 11.0. The highest BCUT2D eigenvalue weighted by molar-refractivity contribution is 7.92. The summed E-state index contributed by atoms with van der Waals surface area (Å²) in [5, 5.41) is 3.55. The van der Waals surface area contributed by atoms with Crippen LogP contribution < -0.4 is 19.5 Å². The Kier molecular flexibility index (Phi) is 12.9. The van der Waals surface area contributed by atoms with E-state index in [-0.39, 0.29) is 24.0 Å². The van der Waals surface area contributed by atoms with E-state index in [2.05, 4.69) is 40.8 Å². The van der Waals surface area contributed by atoms with Crippen molar-refractivity contribution in [1.82, 2.24) is 20.3 Å². The lowest BCUT2D eigenvalue weighted by atomic mass is 9.88. The summed E-state index contributed by atoms with van der Waals surface area (Å²) >= 11 is -1.73. The van der Waals surface area contributed by atoms with Crippen LogP contribution in [0.1, 0.15) is 61.3 Å². The van der Waals surface area contributed by atoms with Crippen LogP contribution in [0.25, 0.3) is 11.3 Å². The Labute approximate surface area is 285 Å². The maximum Gasteiger partial charge on any atom is 0.344 e. The van der Waals surface area contributed by atoms with Crippen LogP contribution in [0.5, 0.6) is 11.6 Å². The van der Waals surface area contributed by atoms with E-state index in [1.807, 2.05) is 38.1 Å². The molecule has 0 fully saturated rings. The first-order valence-electron chi connectivity index (χ1n) is 15.7. The molecule has 254 valence electrons. The van der Waals surface area contributed by atoms with E-state index in [1.54, 1.807) is 49.5 Å². The Morgan fingerprint density at radius 2 is 1.77 bits per heavy atom. The quantitative estimate of drug-likeness (QED) is 0.0818. The summed E-state index contributed by atoms with van der Waals surface area (Å²) in [5.41, 5.74) is 4.84. The van der Waals surface area contributed by atoms with E-state index in [0.717, 1.165) is 28.8 Å². The number of aldehydes is 1. The minimum absolute atomic E-state index is 0.00594. The predicted octanol–water partition coefficient (Wildman–Crippen LogP) is 6.02. The summed E-state index contributed by atoms with van der Waals surface area (Å²) < 4.78 is 32.8.